The Morgan fingerprint density at radius 3 is 1.21 bits per heavy atom. The molecule has 28 heteroatoms. The Morgan fingerprint density at radius 1 is 0.431 bits per heavy atom. The van der Waals surface area contributed by atoms with Crippen molar-refractivity contribution in [1.29, 1.82) is 0 Å². The topological polar surface area (TPSA) is 331 Å². The Bertz CT molecular complexity index is 5250. The maximum Gasteiger partial charge on any atom is 0.360 e. The summed E-state index contributed by atoms with van der Waals surface area (Å²) >= 11 is 0. The Kier molecular flexibility index (Phi) is 21.8. The molecule has 13 aromatic rings. The van der Waals surface area contributed by atoms with Gasteiger partial charge < -0.3 is 37.6 Å². The highest BCUT2D eigenvalue weighted by molar-refractivity contribution is 6.09. The van der Waals surface area contributed by atoms with Crippen LogP contribution in [0.3, 0.4) is 0 Å². The number of aryl methyl sites for hydroxylation is 2. The molecule has 0 atom stereocenters. The van der Waals surface area contributed by atoms with Gasteiger partial charge in [0.15, 0.2) is 34.3 Å². The number of methoxy groups -OCH3 is 3. The van der Waals surface area contributed by atoms with E-state index in [0.29, 0.717) is 52.9 Å². The van der Waals surface area contributed by atoms with Gasteiger partial charge in [-0.15, -0.1) is 20.4 Å². The quantitative estimate of drug-likeness (QED) is 0.0408. The first-order valence-corrected chi connectivity index (χ1v) is 31.0. The Morgan fingerprint density at radius 2 is 0.804 bits per heavy atom. The van der Waals surface area contributed by atoms with Crippen molar-refractivity contribution in [1.82, 2.24) is 61.2 Å². The van der Waals surface area contributed by atoms with Crippen molar-refractivity contribution >= 4 is 62.4 Å². The molecule has 514 valence electrons. The fraction of sp³-hybridized carbons (Fsp3) is 0.149. The van der Waals surface area contributed by atoms with Gasteiger partial charge in [0, 0.05) is 55.5 Å². The summed E-state index contributed by atoms with van der Waals surface area (Å²) in [5.74, 6) is -3.84. The molecule has 8 heterocycles. The minimum Gasteiger partial charge on any atom is -0.504 e. The summed E-state index contributed by atoms with van der Waals surface area (Å²) < 4.78 is 77.6. The molecule has 0 bridgehead atoms. The van der Waals surface area contributed by atoms with Crippen LogP contribution < -0.4 is 20.3 Å². The van der Waals surface area contributed by atoms with Crippen molar-refractivity contribution in [3.63, 3.8) is 0 Å². The summed E-state index contributed by atoms with van der Waals surface area (Å²) in [5.41, 5.74) is 11.7. The summed E-state index contributed by atoms with van der Waals surface area (Å²) in [6.07, 6.45) is 6.21. The Labute approximate surface area is 577 Å². The van der Waals surface area contributed by atoms with E-state index in [1.54, 1.807) is 81.0 Å². The number of hydrazine groups is 1. The minimum atomic E-state index is -0.823. The minimum absolute atomic E-state index is 0.0504. The van der Waals surface area contributed by atoms with E-state index in [-0.39, 0.29) is 105 Å². The number of halogens is 3. The van der Waals surface area contributed by atoms with Gasteiger partial charge in [-0.3, -0.25) is 35.4 Å². The highest BCUT2D eigenvalue weighted by atomic mass is 19.1. The number of nitrogens with zero attached hydrogens (tertiary/aromatic N) is 10. The number of pyridine rings is 6. The van der Waals surface area contributed by atoms with E-state index in [4.69, 9.17) is 27.8 Å². The molecule has 0 saturated carbocycles. The Hall–Kier alpha value is -13.4. The van der Waals surface area contributed by atoms with Gasteiger partial charge >= 0.3 is 17.9 Å². The lowest BCUT2D eigenvalue weighted by Gasteiger charge is -2.16. The number of fused-ring (bicyclic) bond motifs is 3. The first-order chi connectivity index (χ1) is 49.3. The molecule has 102 heavy (non-hydrogen) atoms. The number of nitrogens with one attached hydrogen (secondary N) is 2. The maximum atomic E-state index is 13.4. The summed E-state index contributed by atoms with van der Waals surface area (Å²) in [7, 11) is 3.64. The molecule has 13 rings (SSSR count). The monoisotopic (exact) mass is 1380 g/mol. The third-order valence-electron chi connectivity index (χ3n) is 15.2. The van der Waals surface area contributed by atoms with Crippen molar-refractivity contribution in [2.45, 2.75) is 53.2 Å². The molecule has 2 amide bonds. The molecule has 0 aliphatic carbocycles. The van der Waals surface area contributed by atoms with Crippen LogP contribution in [0.4, 0.5) is 13.2 Å². The molecule has 0 spiro atoms. The van der Waals surface area contributed by atoms with Gasteiger partial charge in [0.05, 0.1) is 21.3 Å². The van der Waals surface area contributed by atoms with Crippen LogP contribution in [0.2, 0.25) is 0 Å². The van der Waals surface area contributed by atoms with Gasteiger partial charge in [-0.25, -0.2) is 42.5 Å². The number of aromatic nitrogens is 10. The van der Waals surface area contributed by atoms with Gasteiger partial charge in [-0.2, -0.15) is 0 Å². The number of hydrogen-bond acceptors (Lipinski definition) is 23. The molecule has 5 aromatic carbocycles. The third kappa shape index (κ3) is 16.8. The number of esters is 3. The summed E-state index contributed by atoms with van der Waals surface area (Å²) in [6.45, 7) is 4.82. The molecule has 3 N–H and O–H groups in total. The van der Waals surface area contributed by atoms with Gasteiger partial charge in [-0.1, -0.05) is 97.1 Å². The molecule has 0 unspecified atom stereocenters. The summed E-state index contributed by atoms with van der Waals surface area (Å²) in [4.78, 5) is 88.2. The predicted octanol–water partition coefficient (Wildman–Crippen LogP) is 11.8. The van der Waals surface area contributed by atoms with E-state index in [0.717, 1.165) is 38.9 Å². The number of rotatable bonds is 18. The van der Waals surface area contributed by atoms with Crippen LogP contribution in [-0.4, -0.2) is 106 Å². The molecule has 25 nitrogen and oxygen atoms in total. The Balaban J connectivity index is 0.000000155. The molecule has 8 aromatic heterocycles. The zero-order valence-electron chi connectivity index (χ0n) is 55.2. The van der Waals surface area contributed by atoms with E-state index in [1.165, 1.54) is 64.7 Å². The van der Waals surface area contributed by atoms with Crippen LogP contribution in [0.15, 0.2) is 179 Å². The largest absolute Gasteiger partial charge is 0.504 e. The number of carbonyl (C=O) groups is 5. The second-order valence-electron chi connectivity index (χ2n) is 22.5. The smallest absolute Gasteiger partial charge is 0.360 e. The van der Waals surface area contributed by atoms with E-state index >= 15 is 0 Å². The lowest BCUT2D eigenvalue weighted by Crippen LogP contribution is -2.41. The van der Waals surface area contributed by atoms with E-state index in [1.807, 2.05) is 66.7 Å². The summed E-state index contributed by atoms with van der Waals surface area (Å²) in [6, 6.07) is 42.5. The standard InChI is InChI=1S/C27H23FN4O5.C27H21FN4O4.C20H15FN4O4/c1-16(33)31-32-26(34)23-21-13-19(12-17-8-10-20(28)11-9-17)14-29-22(21)25(24(30-23)27(35)36-2)37-15-18-6-4-3-5-7-18;1-16-31-32-26(36-16)23-21-13-19(12-17-8-10-20(28)11-9-17)14-29-22(21)25(24(30-23)27(33)34-2)35-15-18-6-4-3-5-7-18;1-10-24-25-19(29-10)16-14-8-12(7-11-3-5-13(21)6-4-11)9-22-15(14)18(26)17(23-16)20(27)28-2/h3-11,13-14H,12,15H2,1-2H3,(H,31,33)(H,32,34);3-11,13-14H,12,15H2,1-2H3;3-6,8-9,26H,7H2,1-2H3. The van der Waals surface area contributed by atoms with Crippen molar-refractivity contribution in [2.75, 3.05) is 21.3 Å². The number of hydrogen-bond donors (Lipinski definition) is 3. The number of benzene rings is 5. The van der Waals surface area contributed by atoms with Gasteiger partial charge in [-0.05, 0) is 118 Å². The first-order valence-electron chi connectivity index (χ1n) is 31.0. The normalized spacial score (nSPS) is 10.8. The molecule has 0 radical (unpaired) electrons. The molecule has 0 aliphatic rings. The fourth-order valence-electron chi connectivity index (χ4n) is 10.4. The van der Waals surface area contributed by atoms with Crippen molar-refractivity contribution in [2.24, 2.45) is 0 Å². The molecule has 0 aliphatic heterocycles. The SMILES string of the molecule is COC(=O)c1nc(-c2nnc(C)o2)c2cc(Cc3ccc(F)cc3)cnc2c1O.COC(=O)c1nc(-c2nnc(C)o2)c2cc(Cc3ccc(F)cc3)cnc2c1OCc1ccccc1.COC(=O)c1nc(C(=O)NNC(C)=O)c2cc(Cc3ccc(F)cc3)cnc2c1OCc1ccccc1. The lowest BCUT2D eigenvalue weighted by molar-refractivity contribution is -0.119. The third-order valence-corrected chi connectivity index (χ3v) is 15.2. The maximum absolute atomic E-state index is 13.4. The number of ether oxygens (including phenoxy) is 5. The van der Waals surface area contributed by atoms with Crippen molar-refractivity contribution < 1.29 is 74.8 Å². The highest BCUT2D eigenvalue weighted by Gasteiger charge is 2.29. The second-order valence-corrected chi connectivity index (χ2v) is 22.5. The summed E-state index contributed by atoms with van der Waals surface area (Å²) in [5, 5.41) is 27.5. The second kappa shape index (κ2) is 31.9. The van der Waals surface area contributed by atoms with Crippen LogP contribution in [0, 0.1) is 31.3 Å². The van der Waals surface area contributed by atoms with Crippen LogP contribution >= 0.6 is 0 Å². The number of amides is 2. The van der Waals surface area contributed by atoms with E-state index in [2.05, 4.69) is 65.9 Å². The average molecular weight is 1380 g/mol. The van der Waals surface area contributed by atoms with Crippen molar-refractivity contribution in [3.05, 3.63) is 267 Å². The van der Waals surface area contributed by atoms with Gasteiger partial charge in [0.25, 0.3) is 17.7 Å². The molecule has 0 saturated heterocycles. The van der Waals surface area contributed by atoms with Gasteiger partial charge in [0.1, 0.15) is 64.3 Å². The van der Waals surface area contributed by atoms with E-state index < -0.39 is 35.5 Å². The van der Waals surface area contributed by atoms with Crippen LogP contribution in [0.1, 0.15) is 105 Å². The molecule has 0 fully saturated rings. The van der Waals surface area contributed by atoms with E-state index in [9.17, 15) is 42.3 Å². The molecular weight excluding hydrogens is 1320 g/mol. The fourth-order valence-corrected chi connectivity index (χ4v) is 10.4. The zero-order chi connectivity index (χ0) is 72.0. The highest BCUT2D eigenvalue weighted by Crippen LogP contribution is 2.38. The average Bonchev–Trinajstić information content (AvgIpc) is 1.13. The van der Waals surface area contributed by atoms with Crippen molar-refractivity contribution in [3.8, 4) is 40.4 Å². The number of carbonyl (C=O) groups excluding carboxylic acids is 5. The number of aromatic hydroxyl groups is 1. The first kappa shape index (κ1) is 69.9. The van der Waals surface area contributed by atoms with Crippen LogP contribution in [-0.2, 0) is 51.5 Å². The molecular formula is C74H59F3N12O13. The lowest BCUT2D eigenvalue weighted by atomic mass is 10.0. The van der Waals surface area contributed by atoms with Crippen LogP contribution in [0.5, 0.6) is 17.2 Å². The zero-order valence-corrected chi connectivity index (χ0v) is 55.2. The van der Waals surface area contributed by atoms with Gasteiger partial charge in [0.2, 0.25) is 17.7 Å². The van der Waals surface area contributed by atoms with Crippen LogP contribution in [0.25, 0.3) is 55.9 Å². The predicted molar refractivity (Wildman–Crippen MR) is 361 cm³/mol.